The first-order valence-electron chi connectivity index (χ1n) is 9.35. The van der Waals surface area contributed by atoms with E-state index in [1.807, 2.05) is 30.3 Å². The van der Waals surface area contributed by atoms with Gasteiger partial charge in [0.1, 0.15) is 6.61 Å². The highest BCUT2D eigenvalue weighted by molar-refractivity contribution is 5.76. The SMILES string of the molecule is COC(CN1CC[C@@H]2NCC(F)(F)[C@@H]21)C(C)(C)C(=O)OCc1ccccc1. The van der Waals surface area contributed by atoms with Crippen LogP contribution in [0, 0.1) is 5.41 Å². The van der Waals surface area contributed by atoms with Crippen LogP contribution in [-0.4, -0.2) is 61.7 Å². The predicted octanol–water partition coefficient (Wildman–Crippen LogP) is 2.45. The van der Waals surface area contributed by atoms with Gasteiger partial charge in [-0.05, 0) is 25.8 Å². The molecule has 5 nitrogen and oxygen atoms in total. The molecule has 2 aliphatic rings. The van der Waals surface area contributed by atoms with Gasteiger partial charge in [0.15, 0.2) is 0 Å². The molecule has 1 unspecified atom stereocenters. The smallest absolute Gasteiger partial charge is 0.314 e. The van der Waals surface area contributed by atoms with Crippen molar-refractivity contribution in [1.82, 2.24) is 10.2 Å². The Hall–Kier alpha value is -1.57. The molecule has 3 atom stereocenters. The molecule has 7 heteroatoms. The number of likely N-dealkylation sites (tertiary alicyclic amines) is 1. The third-order valence-electron chi connectivity index (χ3n) is 5.76. The van der Waals surface area contributed by atoms with E-state index in [1.165, 1.54) is 7.11 Å². The number of alkyl halides is 2. The van der Waals surface area contributed by atoms with E-state index in [4.69, 9.17) is 9.47 Å². The van der Waals surface area contributed by atoms with Crippen molar-refractivity contribution < 1.29 is 23.0 Å². The molecule has 0 amide bonds. The maximum Gasteiger partial charge on any atom is 0.314 e. The Balaban J connectivity index is 1.63. The number of hydrogen-bond donors (Lipinski definition) is 1. The fourth-order valence-corrected chi connectivity index (χ4v) is 4.06. The number of esters is 1. The zero-order valence-corrected chi connectivity index (χ0v) is 16.1. The van der Waals surface area contributed by atoms with Gasteiger partial charge in [-0.3, -0.25) is 9.69 Å². The predicted molar refractivity (Wildman–Crippen MR) is 97.5 cm³/mol. The second-order valence-corrected chi connectivity index (χ2v) is 7.98. The molecule has 150 valence electrons. The van der Waals surface area contributed by atoms with E-state index in [0.717, 1.165) is 5.56 Å². The minimum Gasteiger partial charge on any atom is -0.460 e. The van der Waals surface area contributed by atoms with Gasteiger partial charge in [0.25, 0.3) is 5.92 Å². The van der Waals surface area contributed by atoms with Crippen LogP contribution in [0.25, 0.3) is 0 Å². The van der Waals surface area contributed by atoms with E-state index >= 15 is 0 Å². The number of benzene rings is 1. The van der Waals surface area contributed by atoms with Crippen LogP contribution < -0.4 is 5.32 Å². The van der Waals surface area contributed by atoms with Crippen LogP contribution in [0.3, 0.4) is 0 Å². The molecule has 0 radical (unpaired) electrons. The Kier molecular flexibility index (Phi) is 5.84. The second-order valence-electron chi connectivity index (χ2n) is 7.98. The number of carbonyl (C=O) groups excluding carboxylic acids is 1. The number of nitrogens with zero attached hydrogens (tertiary/aromatic N) is 1. The molecule has 2 saturated heterocycles. The lowest BCUT2D eigenvalue weighted by Crippen LogP contribution is -2.52. The first-order valence-corrected chi connectivity index (χ1v) is 9.35. The van der Waals surface area contributed by atoms with E-state index in [-0.39, 0.29) is 25.7 Å². The quantitative estimate of drug-likeness (QED) is 0.734. The summed E-state index contributed by atoms with van der Waals surface area (Å²) in [5.41, 5.74) is -0.0576. The van der Waals surface area contributed by atoms with Gasteiger partial charge in [0.05, 0.1) is 24.1 Å². The Morgan fingerprint density at radius 1 is 1.37 bits per heavy atom. The van der Waals surface area contributed by atoms with Gasteiger partial charge < -0.3 is 14.8 Å². The molecule has 2 heterocycles. The van der Waals surface area contributed by atoms with Crippen LogP contribution in [0.1, 0.15) is 25.8 Å². The van der Waals surface area contributed by atoms with E-state index in [2.05, 4.69) is 5.32 Å². The number of carbonyl (C=O) groups is 1. The lowest BCUT2D eigenvalue weighted by Gasteiger charge is -2.36. The van der Waals surface area contributed by atoms with Crippen molar-refractivity contribution in [1.29, 1.82) is 0 Å². The van der Waals surface area contributed by atoms with Crippen LogP contribution in [0.15, 0.2) is 30.3 Å². The minimum atomic E-state index is -2.77. The summed E-state index contributed by atoms with van der Waals surface area (Å²) in [5, 5.41) is 2.91. The largest absolute Gasteiger partial charge is 0.460 e. The molecule has 2 fully saturated rings. The van der Waals surface area contributed by atoms with Gasteiger partial charge in [-0.2, -0.15) is 0 Å². The van der Waals surface area contributed by atoms with Crippen molar-refractivity contribution in [3.8, 4) is 0 Å². The average Bonchev–Trinajstić information content (AvgIpc) is 3.19. The fourth-order valence-electron chi connectivity index (χ4n) is 4.06. The maximum absolute atomic E-state index is 14.2. The zero-order valence-electron chi connectivity index (χ0n) is 16.1. The molecule has 1 aromatic rings. The van der Waals surface area contributed by atoms with Crippen molar-refractivity contribution in [2.75, 3.05) is 26.7 Å². The van der Waals surface area contributed by atoms with Crippen molar-refractivity contribution in [2.45, 2.75) is 51.0 Å². The normalized spacial score (nSPS) is 26.0. The van der Waals surface area contributed by atoms with Crippen LogP contribution in [0.4, 0.5) is 8.78 Å². The second kappa shape index (κ2) is 7.81. The molecule has 2 aliphatic heterocycles. The minimum absolute atomic E-state index is 0.177. The van der Waals surface area contributed by atoms with E-state index in [9.17, 15) is 13.6 Å². The monoisotopic (exact) mass is 382 g/mol. The summed E-state index contributed by atoms with van der Waals surface area (Å²) in [6.07, 6.45) is 0.131. The molecule has 0 aromatic heterocycles. The standard InChI is InChI=1S/C20H28F2N2O3/c1-19(2,18(25)27-12-14-7-5-4-6-8-14)16(26-3)11-24-10-9-15-17(24)20(21,22)13-23-15/h4-8,15-17,23H,9-13H2,1-3H3/t15-,16?,17+/m0/s1. The summed E-state index contributed by atoms with van der Waals surface area (Å²) in [7, 11) is 1.51. The number of nitrogens with one attached hydrogen (secondary N) is 1. The summed E-state index contributed by atoms with van der Waals surface area (Å²) < 4.78 is 39.5. The third kappa shape index (κ3) is 4.15. The summed E-state index contributed by atoms with van der Waals surface area (Å²) >= 11 is 0. The number of ether oxygens (including phenoxy) is 2. The summed E-state index contributed by atoms with van der Waals surface area (Å²) in [4.78, 5) is 14.4. The van der Waals surface area contributed by atoms with Gasteiger partial charge in [-0.1, -0.05) is 30.3 Å². The van der Waals surface area contributed by atoms with Gasteiger partial charge in [-0.25, -0.2) is 8.78 Å². The maximum atomic E-state index is 14.2. The Morgan fingerprint density at radius 3 is 2.74 bits per heavy atom. The Bertz CT molecular complexity index is 654. The Labute approximate surface area is 159 Å². The number of fused-ring (bicyclic) bond motifs is 1. The number of halogens is 2. The molecule has 27 heavy (non-hydrogen) atoms. The highest BCUT2D eigenvalue weighted by Gasteiger charge is 2.56. The molecule has 0 spiro atoms. The first kappa shape index (κ1) is 20.2. The molecule has 0 saturated carbocycles. The van der Waals surface area contributed by atoms with Crippen molar-refractivity contribution in [3.05, 3.63) is 35.9 Å². The van der Waals surface area contributed by atoms with Crippen LogP contribution in [-0.2, 0) is 20.9 Å². The van der Waals surface area contributed by atoms with Crippen molar-refractivity contribution in [2.24, 2.45) is 5.41 Å². The van der Waals surface area contributed by atoms with Crippen LogP contribution in [0.5, 0.6) is 0 Å². The van der Waals surface area contributed by atoms with E-state index in [1.54, 1.807) is 18.7 Å². The summed E-state index contributed by atoms with van der Waals surface area (Å²) in [5.74, 6) is -3.16. The molecule has 0 aliphatic carbocycles. The average molecular weight is 382 g/mol. The zero-order chi connectivity index (χ0) is 19.7. The van der Waals surface area contributed by atoms with Gasteiger partial charge >= 0.3 is 5.97 Å². The molecular formula is C20H28F2N2O3. The Morgan fingerprint density at radius 2 is 2.07 bits per heavy atom. The van der Waals surface area contributed by atoms with Gasteiger partial charge in [0, 0.05) is 26.2 Å². The number of hydrogen-bond acceptors (Lipinski definition) is 5. The van der Waals surface area contributed by atoms with Crippen LogP contribution in [0.2, 0.25) is 0 Å². The van der Waals surface area contributed by atoms with Crippen LogP contribution >= 0.6 is 0 Å². The molecule has 0 bridgehead atoms. The lowest BCUT2D eigenvalue weighted by molar-refractivity contribution is -0.165. The molecule has 1 N–H and O–H groups in total. The molecule has 3 rings (SSSR count). The number of methoxy groups -OCH3 is 1. The van der Waals surface area contributed by atoms with E-state index < -0.39 is 29.5 Å². The highest BCUT2D eigenvalue weighted by Crippen LogP contribution is 2.37. The third-order valence-corrected chi connectivity index (χ3v) is 5.76. The highest BCUT2D eigenvalue weighted by atomic mass is 19.3. The summed E-state index contributed by atoms with van der Waals surface area (Å²) in [6.45, 7) is 4.20. The van der Waals surface area contributed by atoms with Gasteiger partial charge in [-0.15, -0.1) is 0 Å². The molecular weight excluding hydrogens is 354 g/mol. The van der Waals surface area contributed by atoms with Crippen molar-refractivity contribution >= 4 is 5.97 Å². The van der Waals surface area contributed by atoms with E-state index in [0.29, 0.717) is 13.0 Å². The number of rotatable bonds is 7. The van der Waals surface area contributed by atoms with Gasteiger partial charge in [0.2, 0.25) is 0 Å². The molecule has 1 aromatic carbocycles. The lowest BCUT2D eigenvalue weighted by atomic mass is 9.85. The fraction of sp³-hybridized carbons (Fsp3) is 0.650. The van der Waals surface area contributed by atoms with Crippen molar-refractivity contribution in [3.63, 3.8) is 0 Å². The first-order chi connectivity index (χ1) is 12.8. The summed E-state index contributed by atoms with van der Waals surface area (Å²) in [6, 6.07) is 8.38. The topological polar surface area (TPSA) is 50.8 Å².